The van der Waals surface area contributed by atoms with Crippen LogP contribution in [0.1, 0.15) is 25.3 Å². The number of nitrogens with zero attached hydrogens (tertiary/aromatic N) is 1. The highest BCUT2D eigenvalue weighted by atomic mass is 16.2. The molecule has 2 N–H and O–H groups in total. The second-order valence-corrected chi connectivity index (χ2v) is 5.91. The van der Waals surface area contributed by atoms with Gasteiger partial charge in [-0.1, -0.05) is 18.2 Å². The highest BCUT2D eigenvalue weighted by molar-refractivity contribution is 5.87. The number of benzene rings is 1. The zero-order chi connectivity index (χ0) is 14.8. The molecule has 0 bridgehead atoms. The minimum Gasteiger partial charge on any atom is -0.373 e. The largest absolute Gasteiger partial charge is 0.373 e. The summed E-state index contributed by atoms with van der Waals surface area (Å²) in [5, 5.41) is 6.26. The number of likely N-dealkylation sites (tertiary alicyclic amines) is 1. The normalized spacial score (nSPS) is 21.9. The highest BCUT2D eigenvalue weighted by Gasteiger charge is 2.28. The minimum atomic E-state index is -0.209. The van der Waals surface area contributed by atoms with Crippen molar-refractivity contribution >= 4 is 17.5 Å². The fourth-order valence-electron chi connectivity index (χ4n) is 3.07. The third-order valence-corrected chi connectivity index (χ3v) is 4.14. The number of hydrogen-bond donors (Lipinski definition) is 2. The lowest BCUT2D eigenvalue weighted by Gasteiger charge is -2.23. The molecule has 5 heteroatoms. The van der Waals surface area contributed by atoms with Gasteiger partial charge in [0, 0.05) is 37.7 Å². The molecule has 0 aromatic heterocycles. The van der Waals surface area contributed by atoms with Gasteiger partial charge in [0.15, 0.2) is 0 Å². The van der Waals surface area contributed by atoms with Crippen LogP contribution in [0.25, 0.3) is 0 Å². The van der Waals surface area contributed by atoms with Crippen molar-refractivity contribution < 1.29 is 9.59 Å². The predicted molar refractivity (Wildman–Crippen MR) is 81.0 cm³/mol. The van der Waals surface area contributed by atoms with E-state index in [1.54, 1.807) is 0 Å². The summed E-state index contributed by atoms with van der Waals surface area (Å²) in [5.74, 6) is 0.202. The number of hydrogen-bond acceptors (Lipinski definition) is 3. The van der Waals surface area contributed by atoms with Crippen molar-refractivity contribution in [1.29, 1.82) is 0 Å². The third-order valence-electron chi connectivity index (χ3n) is 4.14. The first-order chi connectivity index (χ1) is 10.1. The Morgan fingerprint density at radius 2 is 2.29 bits per heavy atom. The SMILES string of the molecule is CC(CN1CCCC1=O)NC(=O)[C@@H]1Cc2ccccc2N1. The fourth-order valence-corrected chi connectivity index (χ4v) is 3.07. The van der Waals surface area contributed by atoms with E-state index in [-0.39, 0.29) is 23.9 Å². The summed E-state index contributed by atoms with van der Waals surface area (Å²) < 4.78 is 0. The monoisotopic (exact) mass is 287 g/mol. The molecule has 2 aliphatic rings. The molecule has 1 saturated heterocycles. The molecule has 2 heterocycles. The van der Waals surface area contributed by atoms with Gasteiger partial charge in [0.25, 0.3) is 0 Å². The van der Waals surface area contributed by atoms with Crippen molar-refractivity contribution in [2.45, 2.75) is 38.3 Å². The summed E-state index contributed by atoms with van der Waals surface area (Å²) in [6, 6.07) is 7.76. The summed E-state index contributed by atoms with van der Waals surface area (Å²) in [7, 11) is 0. The van der Waals surface area contributed by atoms with Crippen molar-refractivity contribution in [2.24, 2.45) is 0 Å². The van der Waals surface area contributed by atoms with Gasteiger partial charge >= 0.3 is 0 Å². The molecule has 3 rings (SSSR count). The molecule has 1 unspecified atom stereocenters. The van der Waals surface area contributed by atoms with Crippen LogP contribution in [0.15, 0.2) is 24.3 Å². The molecular formula is C16H21N3O2. The Bertz CT molecular complexity index is 533. The molecule has 2 atom stereocenters. The van der Waals surface area contributed by atoms with Gasteiger partial charge in [-0.15, -0.1) is 0 Å². The lowest BCUT2D eigenvalue weighted by molar-refractivity contribution is -0.129. The number of fused-ring (bicyclic) bond motifs is 1. The van der Waals surface area contributed by atoms with Gasteiger partial charge in [-0.3, -0.25) is 9.59 Å². The second-order valence-electron chi connectivity index (χ2n) is 5.91. The van der Waals surface area contributed by atoms with Gasteiger partial charge < -0.3 is 15.5 Å². The third kappa shape index (κ3) is 3.01. The minimum absolute atomic E-state index is 0.00495. The Morgan fingerprint density at radius 1 is 1.48 bits per heavy atom. The second kappa shape index (κ2) is 5.76. The molecule has 2 amide bonds. The molecule has 0 radical (unpaired) electrons. The van der Waals surface area contributed by atoms with Crippen LogP contribution in [0, 0.1) is 0 Å². The van der Waals surface area contributed by atoms with Gasteiger partial charge in [0.05, 0.1) is 0 Å². The number of amides is 2. The van der Waals surface area contributed by atoms with E-state index in [0.29, 0.717) is 13.0 Å². The van der Waals surface area contributed by atoms with Crippen molar-refractivity contribution in [3.05, 3.63) is 29.8 Å². The van der Waals surface area contributed by atoms with E-state index >= 15 is 0 Å². The standard InChI is InChI=1S/C16H21N3O2/c1-11(10-19-8-4-7-15(19)20)17-16(21)14-9-12-5-2-3-6-13(12)18-14/h2-3,5-6,11,14,18H,4,7-10H2,1H3,(H,17,21)/t11?,14-/m0/s1. The summed E-state index contributed by atoms with van der Waals surface area (Å²) in [6.45, 7) is 3.36. The van der Waals surface area contributed by atoms with Gasteiger partial charge in [-0.25, -0.2) is 0 Å². The first kappa shape index (κ1) is 13.9. The molecule has 0 spiro atoms. The Hall–Kier alpha value is -2.04. The average molecular weight is 287 g/mol. The van der Waals surface area contributed by atoms with Crippen molar-refractivity contribution in [1.82, 2.24) is 10.2 Å². The molecule has 5 nitrogen and oxygen atoms in total. The van der Waals surface area contributed by atoms with Crippen LogP contribution in [0.2, 0.25) is 0 Å². The zero-order valence-electron chi connectivity index (χ0n) is 12.3. The van der Waals surface area contributed by atoms with E-state index in [2.05, 4.69) is 10.6 Å². The van der Waals surface area contributed by atoms with Crippen LogP contribution in [0.4, 0.5) is 5.69 Å². The predicted octanol–water partition coefficient (Wildman–Crippen LogP) is 1.15. The quantitative estimate of drug-likeness (QED) is 0.873. The number of anilines is 1. The van der Waals surface area contributed by atoms with Crippen LogP contribution in [-0.4, -0.2) is 41.9 Å². The van der Waals surface area contributed by atoms with Crippen molar-refractivity contribution in [3.63, 3.8) is 0 Å². The maximum atomic E-state index is 12.3. The Balaban J connectivity index is 1.52. The van der Waals surface area contributed by atoms with Crippen molar-refractivity contribution in [3.8, 4) is 0 Å². The molecule has 1 aromatic carbocycles. The van der Waals surface area contributed by atoms with Gasteiger partial charge in [0.1, 0.15) is 6.04 Å². The van der Waals surface area contributed by atoms with Gasteiger partial charge in [-0.05, 0) is 25.0 Å². The highest BCUT2D eigenvalue weighted by Crippen LogP contribution is 2.25. The Kier molecular flexibility index (Phi) is 3.82. The smallest absolute Gasteiger partial charge is 0.243 e. The molecular weight excluding hydrogens is 266 g/mol. The van der Waals surface area contributed by atoms with Crippen LogP contribution in [0.5, 0.6) is 0 Å². The zero-order valence-corrected chi connectivity index (χ0v) is 12.3. The first-order valence-electron chi connectivity index (χ1n) is 7.56. The Labute approximate surface area is 124 Å². The number of rotatable bonds is 4. The maximum Gasteiger partial charge on any atom is 0.243 e. The summed E-state index contributed by atoms with van der Waals surface area (Å²) >= 11 is 0. The Morgan fingerprint density at radius 3 is 3.00 bits per heavy atom. The average Bonchev–Trinajstić information content (AvgIpc) is 3.05. The van der Waals surface area contributed by atoms with Gasteiger partial charge in [0.2, 0.25) is 11.8 Å². The molecule has 21 heavy (non-hydrogen) atoms. The van der Waals surface area contributed by atoms with E-state index in [0.717, 1.165) is 25.1 Å². The topological polar surface area (TPSA) is 61.4 Å². The molecule has 2 aliphatic heterocycles. The van der Waals surface area contributed by atoms with Gasteiger partial charge in [-0.2, -0.15) is 0 Å². The van der Waals surface area contributed by atoms with E-state index < -0.39 is 0 Å². The molecule has 1 aromatic rings. The first-order valence-corrected chi connectivity index (χ1v) is 7.56. The lowest BCUT2D eigenvalue weighted by atomic mass is 10.1. The van der Waals surface area contributed by atoms with E-state index in [1.807, 2.05) is 36.1 Å². The molecule has 0 saturated carbocycles. The number of nitrogens with one attached hydrogen (secondary N) is 2. The fraction of sp³-hybridized carbons (Fsp3) is 0.500. The maximum absolute atomic E-state index is 12.3. The van der Waals surface area contributed by atoms with Crippen LogP contribution < -0.4 is 10.6 Å². The van der Waals surface area contributed by atoms with E-state index in [9.17, 15) is 9.59 Å². The van der Waals surface area contributed by atoms with Crippen LogP contribution in [0.3, 0.4) is 0 Å². The summed E-state index contributed by atoms with van der Waals surface area (Å²) in [6.07, 6.45) is 2.29. The molecule has 1 fully saturated rings. The van der Waals surface area contributed by atoms with Crippen molar-refractivity contribution in [2.75, 3.05) is 18.4 Å². The number of carbonyl (C=O) groups excluding carboxylic acids is 2. The number of para-hydroxylation sites is 1. The van der Waals surface area contributed by atoms with E-state index in [1.165, 1.54) is 5.56 Å². The molecule has 112 valence electrons. The van der Waals surface area contributed by atoms with Crippen LogP contribution in [-0.2, 0) is 16.0 Å². The summed E-state index contributed by atoms with van der Waals surface area (Å²) in [4.78, 5) is 25.7. The van der Waals surface area contributed by atoms with Crippen LogP contribution >= 0.6 is 0 Å². The molecule has 0 aliphatic carbocycles. The number of carbonyl (C=O) groups is 2. The lowest BCUT2D eigenvalue weighted by Crippen LogP contribution is -2.47. The summed E-state index contributed by atoms with van der Waals surface area (Å²) in [5.41, 5.74) is 2.22. The van der Waals surface area contributed by atoms with E-state index in [4.69, 9.17) is 0 Å².